The molecule has 1 amide bonds. The van der Waals surface area contributed by atoms with Crippen molar-refractivity contribution in [2.45, 2.75) is 32.9 Å². The first kappa shape index (κ1) is 18.8. The van der Waals surface area contributed by atoms with Gasteiger partial charge in [-0.1, -0.05) is 37.3 Å². The van der Waals surface area contributed by atoms with Crippen molar-refractivity contribution in [1.29, 1.82) is 0 Å². The first-order chi connectivity index (χ1) is 13.0. The van der Waals surface area contributed by atoms with Crippen molar-refractivity contribution in [1.82, 2.24) is 14.7 Å². The third kappa shape index (κ3) is 3.47. The van der Waals surface area contributed by atoms with Crippen LogP contribution in [-0.4, -0.2) is 27.6 Å². The Balaban J connectivity index is 2.07. The van der Waals surface area contributed by atoms with E-state index in [1.807, 2.05) is 13.8 Å². The zero-order valence-corrected chi connectivity index (χ0v) is 15.6. The molecule has 6 heteroatoms. The van der Waals surface area contributed by atoms with Crippen LogP contribution in [0.3, 0.4) is 0 Å². The minimum Gasteiger partial charge on any atom is -0.333 e. The topological polar surface area (TPSA) is 55.2 Å². The van der Waals surface area contributed by atoms with Gasteiger partial charge in [-0.15, -0.1) is 0 Å². The number of carbonyl (C=O) groups excluding carboxylic acids is 1. The predicted molar refractivity (Wildman–Crippen MR) is 103 cm³/mol. The Hall–Kier alpha value is -3.02. The van der Waals surface area contributed by atoms with Gasteiger partial charge in [-0.05, 0) is 37.1 Å². The molecule has 0 spiro atoms. The van der Waals surface area contributed by atoms with E-state index >= 15 is 0 Å². The Bertz CT molecular complexity index is 1030. The van der Waals surface area contributed by atoms with Gasteiger partial charge in [0.25, 0.3) is 11.5 Å². The van der Waals surface area contributed by atoms with Gasteiger partial charge in [-0.3, -0.25) is 9.59 Å². The Morgan fingerprint density at radius 2 is 1.74 bits per heavy atom. The molecule has 0 aliphatic carbocycles. The van der Waals surface area contributed by atoms with Crippen LogP contribution in [0.1, 0.15) is 42.4 Å². The molecule has 1 atom stereocenters. The standard InChI is InChI=1S/C21H22FN3O2/c1-4-18(14-10-12-15(22)13-11-14)24(3)21(27)19-16-8-6-7-9-17(16)20(26)25(5-2)23-19/h6-13,18H,4-5H2,1-3H3/t18-/m1/s1. The van der Waals surface area contributed by atoms with E-state index in [-0.39, 0.29) is 29.0 Å². The van der Waals surface area contributed by atoms with Gasteiger partial charge in [0.1, 0.15) is 5.82 Å². The Morgan fingerprint density at radius 1 is 1.11 bits per heavy atom. The number of carbonyl (C=O) groups is 1. The lowest BCUT2D eigenvalue weighted by atomic mass is 10.0. The van der Waals surface area contributed by atoms with E-state index in [0.29, 0.717) is 23.7 Å². The fourth-order valence-electron chi connectivity index (χ4n) is 3.33. The fraction of sp³-hybridized carbons (Fsp3) is 0.286. The second kappa shape index (κ2) is 7.70. The second-order valence-corrected chi connectivity index (χ2v) is 6.41. The van der Waals surface area contributed by atoms with Crippen LogP contribution < -0.4 is 5.56 Å². The van der Waals surface area contributed by atoms with Crippen molar-refractivity contribution in [2.24, 2.45) is 0 Å². The summed E-state index contributed by atoms with van der Waals surface area (Å²) >= 11 is 0. The minimum absolute atomic E-state index is 0.210. The Morgan fingerprint density at radius 3 is 2.33 bits per heavy atom. The van der Waals surface area contributed by atoms with Crippen molar-refractivity contribution >= 4 is 16.7 Å². The van der Waals surface area contributed by atoms with Crippen molar-refractivity contribution in [3.8, 4) is 0 Å². The van der Waals surface area contributed by atoms with E-state index in [1.165, 1.54) is 16.8 Å². The summed E-state index contributed by atoms with van der Waals surface area (Å²) in [7, 11) is 1.71. The largest absolute Gasteiger partial charge is 0.333 e. The van der Waals surface area contributed by atoms with Gasteiger partial charge < -0.3 is 4.90 Å². The molecule has 2 aromatic carbocycles. The van der Waals surface area contributed by atoms with E-state index in [1.54, 1.807) is 48.3 Å². The smallest absolute Gasteiger partial charge is 0.275 e. The molecule has 0 saturated carbocycles. The maximum Gasteiger partial charge on any atom is 0.275 e. The number of rotatable bonds is 5. The maximum absolute atomic E-state index is 13.3. The van der Waals surface area contributed by atoms with Crippen LogP contribution in [0.2, 0.25) is 0 Å². The zero-order chi connectivity index (χ0) is 19.6. The van der Waals surface area contributed by atoms with E-state index in [4.69, 9.17) is 0 Å². The van der Waals surface area contributed by atoms with Gasteiger partial charge in [0, 0.05) is 19.0 Å². The molecule has 0 N–H and O–H groups in total. The molecule has 5 nitrogen and oxygen atoms in total. The number of benzene rings is 2. The average molecular weight is 367 g/mol. The third-order valence-electron chi connectivity index (χ3n) is 4.80. The summed E-state index contributed by atoms with van der Waals surface area (Å²) < 4.78 is 14.6. The molecule has 0 saturated heterocycles. The van der Waals surface area contributed by atoms with Crippen molar-refractivity contribution in [3.05, 3.63) is 76.0 Å². The average Bonchev–Trinajstić information content (AvgIpc) is 2.70. The SMILES string of the molecule is CC[C@H](c1ccc(F)cc1)N(C)C(=O)c1nn(CC)c(=O)c2ccccc12. The lowest BCUT2D eigenvalue weighted by Gasteiger charge is -2.28. The van der Waals surface area contributed by atoms with Gasteiger partial charge in [-0.2, -0.15) is 5.10 Å². The maximum atomic E-state index is 13.3. The Labute approximate surface area is 157 Å². The molecule has 3 rings (SSSR count). The van der Waals surface area contributed by atoms with Crippen LogP contribution >= 0.6 is 0 Å². The van der Waals surface area contributed by atoms with Crippen molar-refractivity contribution in [2.75, 3.05) is 7.05 Å². The third-order valence-corrected chi connectivity index (χ3v) is 4.80. The second-order valence-electron chi connectivity index (χ2n) is 6.41. The normalized spacial score (nSPS) is 12.1. The van der Waals surface area contributed by atoms with Gasteiger partial charge in [0.15, 0.2) is 5.69 Å². The monoisotopic (exact) mass is 367 g/mol. The van der Waals surface area contributed by atoms with E-state index in [0.717, 1.165) is 5.56 Å². The van der Waals surface area contributed by atoms with E-state index in [9.17, 15) is 14.0 Å². The quantitative estimate of drug-likeness (QED) is 0.690. The molecule has 3 aromatic rings. The first-order valence-electron chi connectivity index (χ1n) is 9.00. The zero-order valence-electron chi connectivity index (χ0n) is 15.6. The molecule has 1 aromatic heterocycles. The predicted octanol–water partition coefficient (Wildman–Crippen LogP) is 3.78. The lowest BCUT2D eigenvalue weighted by molar-refractivity contribution is 0.0719. The van der Waals surface area contributed by atoms with Crippen LogP contribution in [0.4, 0.5) is 4.39 Å². The van der Waals surface area contributed by atoms with Gasteiger partial charge in [-0.25, -0.2) is 9.07 Å². The number of hydrogen-bond donors (Lipinski definition) is 0. The number of aryl methyl sites for hydroxylation is 1. The van der Waals surface area contributed by atoms with Crippen LogP contribution in [0, 0.1) is 5.82 Å². The van der Waals surface area contributed by atoms with Gasteiger partial charge in [0.05, 0.1) is 11.4 Å². The molecular formula is C21H22FN3O2. The van der Waals surface area contributed by atoms with Gasteiger partial charge >= 0.3 is 0 Å². The van der Waals surface area contributed by atoms with Crippen molar-refractivity contribution in [3.63, 3.8) is 0 Å². The molecule has 0 aliphatic rings. The minimum atomic E-state index is -0.315. The molecule has 0 aliphatic heterocycles. The highest BCUT2D eigenvalue weighted by Crippen LogP contribution is 2.26. The number of aromatic nitrogens is 2. The summed E-state index contributed by atoms with van der Waals surface area (Å²) in [6.45, 7) is 4.16. The fourth-order valence-corrected chi connectivity index (χ4v) is 3.33. The Kier molecular flexibility index (Phi) is 5.35. The lowest BCUT2D eigenvalue weighted by Crippen LogP contribution is -2.34. The molecular weight excluding hydrogens is 345 g/mol. The number of hydrogen-bond acceptors (Lipinski definition) is 3. The molecule has 0 fully saturated rings. The molecule has 0 bridgehead atoms. The van der Waals surface area contributed by atoms with Crippen LogP contribution in [0.15, 0.2) is 53.3 Å². The molecule has 0 unspecified atom stereocenters. The van der Waals surface area contributed by atoms with Crippen LogP contribution in [0.5, 0.6) is 0 Å². The molecule has 140 valence electrons. The van der Waals surface area contributed by atoms with Crippen LogP contribution in [-0.2, 0) is 6.54 Å². The summed E-state index contributed by atoms with van der Waals surface area (Å²) in [5, 5.41) is 5.33. The molecule has 1 heterocycles. The van der Waals surface area contributed by atoms with E-state index < -0.39 is 0 Å². The van der Waals surface area contributed by atoms with E-state index in [2.05, 4.69) is 5.10 Å². The number of amides is 1. The van der Waals surface area contributed by atoms with Crippen molar-refractivity contribution < 1.29 is 9.18 Å². The summed E-state index contributed by atoms with van der Waals surface area (Å²) in [4.78, 5) is 27.3. The summed E-state index contributed by atoms with van der Waals surface area (Å²) in [6, 6.07) is 12.9. The highest BCUT2D eigenvalue weighted by atomic mass is 19.1. The van der Waals surface area contributed by atoms with Gasteiger partial charge in [0.2, 0.25) is 0 Å². The number of fused-ring (bicyclic) bond motifs is 1. The highest BCUT2D eigenvalue weighted by molar-refractivity contribution is 6.04. The summed E-state index contributed by atoms with van der Waals surface area (Å²) in [5.41, 5.74) is 0.885. The molecule has 0 radical (unpaired) electrons. The highest BCUT2D eigenvalue weighted by Gasteiger charge is 2.25. The summed E-state index contributed by atoms with van der Waals surface area (Å²) in [6.07, 6.45) is 0.666. The molecule has 27 heavy (non-hydrogen) atoms. The first-order valence-corrected chi connectivity index (χ1v) is 9.00. The van der Waals surface area contributed by atoms with Crippen LogP contribution in [0.25, 0.3) is 10.8 Å². The summed E-state index contributed by atoms with van der Waals surface area (Å²) in [5.74, 6) is -0.588. The number of nitrogens with zero attached hydrogens (tertiary/aromatic N) is 3. The number of halogens is 1.